The second kappa shape index (κ2) is 9.68. The van der Waals surface area contributed by atoms with Crippen LogP contribution in [0.1, 0.15) is 57.5 Å². The quantitative estimate of drug-likeness (QED) is 0.300. The number of Topliss-reactive ketones (excluding diaryl/α,β-unsaturated/α-hetero) is 1. The van der Waals surface area contributed by atoms with Crippen LogP contribution in [0, 0.1) is 11.7 Å². The van der Waals surface area contributed by atoms with Gasteiger partial charge in [0.25, 0.3) is 0 Å². The second-order valence-corrected chi connectivity index (χ2v) is 8.52. The summed E-state index contributed by atoms with van der Waals surface area (Å²) in [6.45, 7) is 11.1. The highest BCUT2D eigenvalue weighted by Gasteiger charge is 2.30. The molecule has 1 N–H and O–H groups in total. The topological polar surface area (TPSA) is 92.1 Å². The molecule has 0 saturated carbocycles. The maximum absolute atomic E-state index is 13.2. The number of carbonyl (C=O) groups is 2. The van der Waals surface area contributed by atoms with Crippen molar-refractivity contribution in [1.82, 2.24) is 4.98 Å². The van der Waals surface area contributed by atoms with Crippen LogP contribution in [0.3, 0.4) is 0 Å². The number of amides is 1. The number of ether oxygens (including phenoxy) is 1. The van der Waals surface area contributed by atoms with Gasteiger partial charge in [-0.1, -0.05) is 19.0 Å². The summed E-state index contributed by atoms with van der Waals surface area (Å²) >= 11 is 0. The van der Waals surface area contributed by atoms with Crippen LogP contribution in [-0.2, 0) is 4.74 Å². The number of carbonyl (C=O) groups excluding carboxylic acids is 2. The Labute approximate surface area is 181 Å². The minimum absolute atomic E-state index is 0.0878. The fourth-order valence-electron chi connectivity index (χ4n) is 2.75. The van der Waals surface area contributed by atoms with Gasteiger partial charge < -0.3 is 9.94 Å². The Morgan fingerprint density at radius 2 is 1.71 bits per heavy atom. The number of hydrogen-bond donors (Lipinski definition) is 1. The van der Waals surface area contributed by atoms with Crippen LogP contribution in [0.5, 0.6) is 0 Å². The van der Waals surface area contributed by atoms with Gasteiger partial charge in [-0.05, 0) is 70.0 Å². The molecule has 1 unspecified atom stereocenters. The molecule has 1 amide bonds. The lowest BCUT2D eigenvalue weighted by Crippen LogP contribution is -2.45. The summed E-state index contributed by atoms with van der Waals surface area (Å²) < 4.78 is 18.7. The highest BCUT2D eigenvalue weighted by molar-refractivity contribution is 6.51. The molecule has 0 aliphatic heterocycles. The van der Waals surface area contributed by atoms with Gasteiger partial charge in [0.15, 0.2) is 5.71 Å². The minimum Gasteiger partial charge on any atom is -0.443 e. The van der Waals surface area contributed by atoms with Gasteiger partial charge in [-0.3, -0.25) is 9.69 Å². The van der Waals surface area contributed by atoms with Crippen LogP contribution in [0.2, 0.25) is 0 Å². The van der Waals surface area contributed by atoms with E-state index in [2.05, 4.69) is 10.1 Å². The molecule has 0 radical (unpaired) electrons. The van der Waals surface area contributed by atoms with Gasteiger partial charge in [0, 0.05) is 23.4 Å². The van der Waals surface area contributed by atoms with Crippen LogP contribution in [0.15, 0.2) is 47.8 Å². The van der Waals surface area contributed by atoms with E-state index in [1.165, 1.54) is 35.4 Å². The molecular formula is C23H28FN3O4. The summed E-state index contributed by atoms with van der Waals surface area (Å²) in [7, 11) is 0. The second-order valence-electron chi connectivity index (χ2n) is 8.52. The Balaban J connectivity index is 2.46. The number of ketones is 1. The molecule has 0 spiro atoms. The van der Waals surface area contributed by atoms with Crippen molar-refractivity contribution >= 4 is 23.4 Å². The van der Waals surface area contributed by atoms with Crippen LogP contribution in [-0.4, -0.2) is 39.4 Å². The predicted octanol–water partition coefficient (Wildman–Crippen LogP) is 5.07. The SMILES string of the molecule is CC(C)C(C)N(C(=O)OC(C)(C)C)c1cc(/C(=N/O)C(=O)c2ccc(F)cc2)ccn1. The van der Waals surface area contributed by atoms with Gasteiger partial charge in [0.2, 0.25) is 5.78 Å². The fraction of sp³-hybridized carbons (Fsp3) is 0.391. The average molecular weight is 429 g/mol. The molecule has 1 heterocycles. The third-order valence-corrected chi connectivity index (χ3v) is 4.65. The highest BCUT2D eigenvalue weighted by Crippen LogP contribution is 2.24. The third-order valence-electron chi connectivity index (χ3n) is 4.65. The summed E-state index contributed by atoms with van der Waals surface area (Å²) in [5, 5.41) is 12.7. The number of nitrogens with zero attached hydrogens (tertiary/aromatic N) is 3. The van der Waals surface area contributed by atoms with Gasteiger partial charge in [-0.25, -0.2) is 14.2 Å². The molecule has 1 aromatic heterocycles. The smallest absolute Gasteiger partial charge is 0.416 e. The number of anilines is 1. The Morgan fingerprint density at radius 1 is 1.10 bits per heavy atom. The fourth-order valence-corrected chi connectivity index (χ4v) is 2.75. The van der Waals surface area contributed by atoms with E-state index in [-0.39, 0.29) is 34.6 Å². The van der Waals surface area contributed by atoms with E-state index in [1.807, 2.05) is 20.8 Å². The normalized spacial score (nSPS) is 13.1. The van der Waals surface area contributed by atoms with Crippen molar-refractivity contribution in [3.8, 4) is 0 Å². The molecule has 31 heavy (non-hydrogen) atoms. The maximum atomic E-state index is 13.2. The van der Waals surface area contributed by atoms with Crippen LogP contribution in [0.25, 0.3) is 0 Å². The first-order chi connectivity index (χ1) is 14.4. The Bertz CT molecular complexity index is 966. The number of halogens is 1. The minimum atomic E-state index is -0.708. The summed E-state index contributed by atoms with van der Waals surface area (Å²) in [5.41, 5.74) is -0.546. The standard InChI is InChI=1S/C23H28FN3O4/c1-14(2)15(3)27(22(29)31-23(4,5)6)19-13-17(11-12-25-19)20(26-30)21(28)16-7-9-18(24)10-8-16/h7-15,30H,1-6H3/b26-20-. The molecule has 0 fully saturated rings. The average Bonchev–Trinajstić information content (AvgIpc) is 2.68. The molecule has 0 aliphatic rings. The molecule has 2 rings (SSSR count). The van der Waals surface area contributed by atoms with E-state index >= 15 is 0 Å². The van der Waals surface area contributed by atoms with Crippen molar-refractivity contribution in [3.05, 3.63) is 59.5 Å². The Kier molecular flexibility index (Phi) is 7.49. The Hall–Kier alpha value is -3.29. The van der Waals surface area contributed by atoms with Gasteiger partial charge in [0.05, 0.1) is 0 Å². The lowest BCUT2D eigenvalue weighted by atomic mass is 10.0. The summed E-state index contributed by atoms with van der Waals surface area (Å²) in [5.74, 6) is -0.743. The van der Waals surface area contributed by atoms with Crippen molar-refractivity contribution in [2.24, 2.45) is 11.1 Å². The van der Waals surface area contributed by atoms with Crippen molar-refractivity contribution < 1.29 is 23.9 Å². The summed E-state index contributed by atoms with van der Waals surface area (Å²) in [6.07, 6.45) is 0.837. The van der Waals surface area contributed by atoms with Crippen LogP contribution in [0.4, 0.5) is 15.0 Å². The van der Waals surface area contributed by atoms with Gasteiger partial charge in [-0.2, -0.15) is 0 Å². The first kappa shape index (κ1) is 24.0. The van der Waals surface area contributed by atoms with E-state index in [0.29, 0.717) is 0 Å². The monoisotopic (exact) mass is 429 g/mol. The molecule has 166 valence electrons. The first-order valence-corrected chi connectivity index (χ1v) is 9.95. The van der Waals surface area contributed by atoms with E-state index in [9.17, 15) is 19.2 Å². The zero-order valence-electron chi connectivity index (χ0n) is 18.6. The number of rotatable bonds is 6. The molecule has 1 atom stereocenters. The molecule has 0 aliphatic carbocycles. The van der Waals surface area contributed by atoms with E-state index in [1.54, 1.807) is 20.8 Å². The predicted molar refractivity (Wildman–Crippen MR) is 116 cm³/mol. The summed E-state index contributed by atoms with van der Waals surface area (Å²) in [6, 6.07) is 7.62. The lowest BCUT2D eigenvalue weighted by molar-refractivity contribution is 0.0558. The van der Waals surface area contributed by atoms with Crippen LogP contribution >= 0.6 is 0 Å². The molecule has 0 saturated heterocycles. The van der Waals surface area contributed by atoms with Crippen molar-refractivity contribution in [2.75, 3.05) is 4.90 Å². The number of oxime groups is 1. The number of aromatic nitrogens is 1. The van der Waals surface area contributed by atoms with Gasteiger partial charge in [0.1, 0.15) is 17.2 Å². The van der Waals surface area contributed by atoms with Crippen LogP contribution < -0.4 is 4.90 Å². The maximum Gasteiger partial charge on any atom is 0.416 e. The summed E-state index contributed by atoms with van der Waals surface area (Å²) in [4.78, 5) is 31.4. The van der Waals surface area contributed by atoms with E-state index < -0.39 is 23.3 Å². The number of pyridine rings is 1. The van der Waals surface area contributed by atoms with Crippen molar-refractivity contribution in [3.63, 3.8) is 0 Å². The molecule has 2 aromatic rings. The van der Waals surface area contributed by atoms with Gasteiger partial charge in [-0.15, -0.1) is 0 Å². The molecule has 0 bridgehead atoms. The highest BCUT2D eigenvalue weighted by atomic mass is 19.1. The molecule has 8 heteroatoms. The number of benzene rings is 1. The molecule has 1 aromatic carbocycles. The lowest BCUT2D eigenvalue weighted by Gasteiger charge is -2.33. The zero-order valence-corrected chi connectivity index (χ0v) is 18.6. The molecule has 7 nitrogen and oxygen atoms in total. The largest absolute Gasteiger partial charge is 0.443 e. The molecular weight excluding hydrogens is 401 g/mol. The number of hydrogen-bond acceptors (Lipinski definition) is 6. The zero-order chi connectivity index (χ0) is 23.3. The van der Waals surface area contributed by atoms with Crippen molar-refractivity contribution in [2.45, 2.75) is 53.2 Å². The first-order valence-electron chi connectivity index (χ1n) is 9.95. The van der Waals surface area contributed by atoms with E-state index in [4.69, 9.17) is 4.74 Å². The van der Waals surface area contributed by atoms with E-state index in [0.717, 1.165) is 12.1 Å². The van der Waals surface area contributed by atoms with Gasteiger partial charge >= 0.3 is 6.09 Å². The Morgan fingerprint density at radius 3 is 2.23 bits per heavy atom. The van der Waals surface area contributed by atoms with Crippen molar-refractivity contribution in [1.29, 1.82) is 0 Å². The third kappa shape index (κ3) is 6.10.